The van der Waals surface area contributed by atoms with Crippen molar-refractivity contribution >= 4 is 11.7 Å². The Labute approximate surface area is 191 Å². The van der Waals surface area contributed by atoms with Gasteiger partial charge < -0.3 is 20.2 Å². The molecule has 2 amide bonds. The first-order valence-electron chi connectivity index (χ1n) is 11.3. The van der Waals surface area contributed by atoms with Crippen LogP contribution in [0.4, 0.5) is 10.5 Å². The summed E-state index contributed by atoms with van der Waals surface area (Å²) in [5, 5.41) is 22.3. The maximum atomic E-state index is 13.6. The number of carbonyl (C=O) groups is 1. The van der Waals surface area contributed by atoms with Crippen molar-refractivity contribution in [3.8, 4) is 11.8 Å². The largest absolute Gasteiger partial charge is 0.508 e. The molecule has 0 bridgehead atoms. The molecule has 0 heterocycles. The molecule has 0 unspecified atom stereocenters. The van der Waals surface area contributed by atoms with Crippen molar-refractivity contribution in [3.63, 3.8) is 0 Å². The topological polar surface area (TPSA) is 79.6 Å². The maximum Gasteiger partial charge on any atom is 0.322 e. The SMILES string of the molecule is CCCN(C(=O)Nc1ccc(C#N)cc1)[C@H]1[C@H](N(C)CC)Cc2ccc(O)cc2C1(C)C. The van der Waals surface area contributed by atoms with Crippen molar-refractivity contribution in [1.82, 2.24) is 9.80 Å². The number of hydrogen-bond donors (Lipinski definition) is 2. The molecule has 1 aliphatic rings. The Kier molecular flexibility index (Phi) is 7.10. The van der Waals surface area contributed by atoms with Crippen LogP contribution in [0.1, 0.15) is 50.8 Å². The van der Waals surface area contributed by atoms with E-state index in [0.717, 1.165) is 24.9 Å². The number of urea groups is 1. The number of amides is 2. The normalized spacial score (nSPS) is 19.2. The molecule has 0 aromatic heterocycles. The van der Waals surface area contributed by atoms with E-state index >= 15 is 0 Å². The summed E-state index contributed by atoms with van der Waals surface area (Å²) in [6, 6.07) is 14.6. The lowest BCUT2D eigenvalue weighted by atomic mass is 9.66. The number of hydrogen-bond acceptors (Lipinski definition) is 4. The molecule has 3 rings (SSSR count). The third-order valence-electron chi connectivity index (χ3n) is 6.71. The number of rotatable bonds is 6. The molecule has 170 valence electrons. The molecule has 0 radical (unpaired) electrons. The molecule has 0 saturated heterocycles. The minimum Gasteiger partial charge on any atom is -0.508 e. The maximum absolute atomic E-state index is 13.6. The molecule has 2 aromatic rings. The fraction of sp³-hybridized carbons (Fsp3) is 0.462. The standard InChI is InChI=1S/C26H34N4O2/c1-6-14-30(25(32)28-20-11-8-18(17-27)9-12-20)24-23(29(5)7-2)15-19-10-13-21(31)16-22(19)26(24,3)4/h8-13,16,23-24,31H,6-7,14-15H2,1-5H3,(H,28,32)/t23-,24+/m1/s1. The molecular formula is C26H34N4O2. The van der Waals surface area contributed by atoms with Gasteiger partial charge in [0, 0.05) is 23.7 Å². The zero-order chi connectivity index (χ0) is 23.5. The van der Waals surface area contributed by atoms with Gasteiger partial charge in [-0.2, -0.15) is 5.26 Å². The molecule has 0 saturated carbocycles. The number of likely N-dealkylation sites (N-methyl/N-ethyl adjacent to an activating group) is 1. The second kappa shape index (κ2) is 9.62. The molecule has 0 fully saturated rings. The lowest BCUT2D eigenvalue weighted by Gasteiger charge is -2.52. The van der Waals surface area contributed by atoms with Crippen molar-refractivity contribution in [2.45, 2.75) is 58.0 Å². The summed E-state index contributed by atoms with van der Waals surface area (Å²) in [6.07, 6.45) is 1.65. The second-order valence-corrected chi connectivity index (χ2v) is 9.17. The molecule has 2 aromatic carbocycles. The number of carbonyl (C=O) groups excluding carboxylic acids is 1. The van der Waals surface area contributed by atoms with E-state index in [1.807, 2.05) is 17.0 Å². The molecule has 6 heteroatoms. The summed E-state index contributed by atoms with van der Waals surface area (Å²) in [6.45, 7) is 10.1. The van der Waals surface area contributed by atoms with E-state index in [1.165, 1.54) is 5.56 Å². The van der Waals surface area contributed by atoms with E-state index in [0.29, 0.717) is 17.8 Å². The van der Waals surface area contributed by atoms with E-state index in [-0.39, 0.29) is 29.3 Å². The first-order valence-corrected chi connectivity index (χ1v) is 11.3. The first kappa shape index (κ1) is 23.6. The molecule has 32 heavy (non-hydrogen) atoms. The van der Waals surface area contributed by atoms with Gasteiger partial charge in [-0.05, 0) is 74.0 Å². The van der Waals surface area contributed by atoms with Crippen LogP contribution in [0.2, 0.25) is 0 Å². The number of nitrogens with zero attached hydrogens (tertiary/aromatic N) is 3. The van der Waals surface area contributed by atoms with Crippen LogP contribution in [0.3, 0.4) is 0 Å². The average Bonchev–Trinajstić information content (AvgIpc) is 2.78. The molecule has 2 N–H and O–H groups in total. The third-order valence-corrected chi connectivity index (χ3v) is 6.71. The highest BCUT2D eigenvalue weighted by atomic mass is 16.3. The number of fused-ring (bicyclic) bond motifs is 1. The average molecular weight is 435 g/mol. The molecule has 0 aliphatic heterocycles. The van der Waals surface area contributed by atoms with Gasteiger partial charge in [0.15, 0.2) is 0 Å². The minimum atomic E-state index is -0.363. The Morgan fingerprint density at radius 1 is 1.22 bits per heavy atom. The number of phenols is 1. The Bertz CT molecular complexity index is 994. The van der Waals surface area contributed by atoms with Gasteiger partial charge in [0.05, 0.1) is 17.7 Å². The van der Waals surface area contributed by atoms with Crippen molar-refractivity contribution in [2.75, 3.05) is 25.5 Å². The van der Waals surface area contributed by atoms with E-state index in [9.17, 15) is 9.90 Å². The van der Waals surface area contributed by atoms with Crippen LogP contribution < -0.4 is 5.32 Å². The number of aromatic hydroxyl groups is 1. The number of phenolic OH excluding ortho intramolecular Hbond substituents is 1. The number of nitrogens with one attached hydrogen (secondary N) is 1. The summed E-state index contributed by atoms with van der Waals surface area (Å²) in [7, 11) is 2.11. The van der Waals surface area contributed by atoms with Crippen LogP contribution in [0.5, 0.6) is 5.75 Å². The Morgan fingerprint density at radius 2 is 1.91 bits per heavy atom. The van der Waals surface area contributed by atoms with Gasteiger partial charge in [-0.3, -0.25) is 0 Å². The number of anilines is 1. The van der Waals surface area contributed by atoms with E-state index in [4.69, 9.17) is 5.26 Å². The lowest BCUT2D eigenvalue weighted by molar-refractivity contribution is 0.0649. The second-order valence-electron chi connectivity index (χ2n) is 9.17. The Hall–Kier alpha value is -3.04. The number of benzene rings is 2. The van der Waals surface area contributed by atoms with Gasteiger partial charge in [0.2, 0.25) is 0 Å². The van der Waals surface area contributed by atoms with Crippen LogP contribution in [0.15, 0.2) is 42.5 Å². The highest BCUT2D eigenvalue weighted by Crippen LogP contribution is 2.42. The zero-order valence-electron chi connectivity index (χ0n) is 19.7. The highest BCUT2D eigenvalue weighted by Gasteiger charge is 2.48. The van der Waals surface area contributed by atoms with Crippen LogP contribution in [0.25, 0.3) is 0 Å². The van der Waals surface area contributed by atoms with Crippen molar-refractivity contribution in [3.05, 3.63) is 59.2 Å². The van der Waals surface area contributed by atoms with Gasteiger partial charge in [0.1, 0.15) is 5.75 Å². The van der Waals surface area contributed by atoms with Gasteiger partial charge >= 0.3 is 6.03 Å². The smallest absolute Gasteiger partial charge is 0.322 e. The highest BCUT2D eigenvalue weighted by molar-refractivity contribution is 5.90. The first-order chi connectivity index (χ1) is 15.2. The van der Waals surface area contributed by atoms with Crippen molar-refractivity contribution in [2.24, 2.45) is 0 Å². The van der Waals surface area contributed by atoms with Gasteiger partial charge in [-0.15, -0.1) is 0 Å². The predicted molar refractivity (Wildman–Crippen MR) is 128 cm³/mol. The zero-order valence-corrected chi connectivity index (χ0v) is 19.7. The molecular weight excluding hydrogens is 400 g/mol. The van der Waals surface area contributed by atoms with Gasteiger partial charge in [0.25, 0.3) is 0 Å². The van der Waals surface area contributed by atoms with Gasteiger partial charge in [-0.1, -0.05) is 33.8 Å². The molecule has 6 nitrogen and oxygen atoms in total. The van der Waals surface area contributed by atoms with Crippen LogP contribution in [-0.2, 0) is 11.8 Å². The third kappa shape index (κ3) is 4.58. The van der Waals surface area contributed by atoms with Crippen LogP contribution in [-0.4, -0.2) is 53.2 Å². The van der Waals surface area contributed by atoms with Crippen molar-refractivity contribution < 1.29 is 9.90 Å². The predicted octanol–water partition coefficient (Wildman–Crippen LogP) is 4.73. The van der Waals surface area contributed by atoms with E-state index < -0.39 is 0 Å². The van der Waals surface area contributed by atoms with Crippen LogP contribution in [0, 0.1) is 11.3 Å². The van der Waals surface area contributed by atoms with E-state index in [1.54, 1.807) is 30.3 Å². The van der Waals surface area contributed by atoms with E-state index in [2.05, 4.69) is 51.0 Å². The quantitative estimate of drug-likeness (QED) is 0.689. The Morgan fingerprint density at radius 3 is 2.50 bits per heavy atom. The summed E-state index contributed by atoms with van der Waals surface area (Å²) < 4.78 is 0. The molecule has 2 atom stereocenters. The molecule has 0 spiro atoms. The summed E-state index contributed by atoms with van der Waals surface area (Å²) in [4.78, 5) is 17.8. The summed E-state index contributed by atoms with van der Waals surface area (Å²) >= 11 is 0. The minimum absolute atomic E-state index is 0.0833. The fourth-order valence-electron chi connectivity index (χ4n) is 4.98. The van der Waals surface area contributed by atoms with Crippen molar-refractivity contribution in [1.29, 1.82) is 5.26 Å². The summed E-state index contributed by atoms with van der Waals surface area (Å²) in [5.41, 5.74) is 3.18. The molecule has 1 aliphatic carbocycles. The Balaban J connectivity index is 2.02. The monoisotopic (exact) mass is 434 g/mol. The van der Waals surface area contributed by atoms with Gasteiger partial charge in [-0.25, -0.2) is 4.79 Å². The lowest BCUT2D eigenvalue weighted by Crippen LogP contribution is -2.64. The summed E-state index contributed by atoms with van der Waals surface area (Å²) in [5.74, 6) is 0.252. The van der Waals surface area contributed by atoms with Crippen LogP contribution >= 0.6 is 0 Å². The number of nitriles is 1. The fourth-order valence-corrected chi connectivity index (χ4v) is 4.98.